The van der Waals surface area contributed by atoms with Crippen molar-refractivity contribution in [1.82, 2.24) is 19.7 Å². The summed E-state index contributed by atoms with van der Waals surface area (Å²) >= 11 is 0. The van der Waals surface area contributed by atoms with Gasteiger partial charge in [0.1, 0.15) is 5.82 Å². The molecule has 0 fully saturated rings. The number of benzene rings is 1. The Bertz CT molecular complexity index is 919. The maximum Gasteiger partial charge on any atom is 0.189 e. The Morgan fingerprint density at radius 3 is 2.88 bits per heavy atom. The van der Waals surface area contributed by atoms with E-state index in [-0.39, 0.29) is 5.43 Å². The van der Waals surface area contributed by atoms with Gasteiger partial charge in [-0.15, -0.1) is 0 Å². The molecule has 0 aliphatic heterocycles. The topological polar surface area (TPSA) is 63.1 Å². The number of methoxy groups -OCH3 is 1. The maximum atomic E-state index is 13.3. The third kappa shape index (κ3) is 4.32. The average molecular weight is 344 g/mol. The molecule has 0 spiro atoms. The lowest BCUT2D eigenvalue weighted by Crippen LogP contribution is -2.27. The first-order valence-corrected chi connectivity index (χ1v) is 8.05. The molecule has 3 rings (SSSR count). The molecule has 0 amide bonds. The summed E-state index contributed by atoms with van der Waals surface area (Å²) in [5, 5.41) is 4.55. The Morgan fingerprint density at radius 2 is 2.16 bits per heavy atom. The second-order valence-electron chi connectivity index (χ2n) is 6.07. The molecule has 1 N–H and O–H groups in total. The van der Waals surface area contributed by atoms with E-state index in [4.69, 9.17) is 4.74 Å². The quantitative estimate of drug-likeness (QED) is 0.712. The normalized spacial score (nSPS) is 11.5. The van der Waals surface area contributed by atoms with Crippen LogP contribution in [0.2, 0.25) is 0 Å². The molecule has 0 atom stereocenters. The van der Waals surface area contributed by atoms with Gasteiger partial charge in [0.05, 0.1) is 12.8 Å². The Labute approximate surface area is 144 Å². The van der Waals surface area contributed by atoms with Crippen LogP contribution < -0.4 is 5.43 Å². The van der Waals surface area contributed by atoms with E-state index in [1.54, 1.807) is 17.9 Å². The van der Waals surface area contributed by atoms with Crippen molar-refractivity contribution in [2.24, 2.45) is 7.05 Å². The molecule has 0 unspecified atom stereocenters. The van der Waals surface area contributed by atoms with Gasteiger partial charge in [-0.2, -0.15) is 5.10 Å². The number of ether oxygens (including phenoxy) is 1. The smallest absolute Gasteiger partial charge is 0.189 e. The van der Waals surface area contributed by atoms with E-state index in [0.29, 0.717) is 30.6 Å². The minimum atomic E-state index is -0.413. The number of fused-ring (bicyclic) bond motifs is 1. The first kappa shape index (κ1) is 17.3. The van der Waals surface area contributed by atoms with Gasteiger partial charge in [0.25, 0.3) is 0 Å². The molecular formula is C18H21FN4O2. The number of hydrogen-bond acceptors (Lipinski definition) is 4. The standard InChI is InChI=1S/C18H21FN4O2/c1-22-10-13(9-20-22)11-23(5-6-25-2)12-15-8-18(24)16-7-14(19)3-4-17(16)21-15/h3-4,7-10H,5-6,11-12H2,1-2H3,(H,21,24). The highest BCUT2D eigenvalue weighted by Crippen LogP contribution is 2.13. The molecule has 132 valence electrons. The summed E-state index contributed by atoms with van der Waals surface area (Å²) in [5.74, 6) is -0.413. The number of aromatic amines is 1. The van der Waals surface area contributed by atoms with Gasteiger partial charge in [-0.3, -0.25) is 14.4 Å². The van der Waals surface area contributed by atoms with Gasteiger partial charge in [-0.25, -0.2) is 4.39 Å². The van der Waals surface area contributed by atoms with Gasteiger partial charge in [-0.05, 0) is 18.2 Å². The van der Waals surface area contributed by atoms with Crippen LogP contribution in [0.4, 0.5) is 4.39 Å². The third-order valence-electron chi connectivity index (χ3n) is 4.02. The van der Waals surface area contributed by atoms with Gasteiger partial charge >= 0.3 is 0 Å². The molecule has 0 radical (unpaired) electrons. The summed E-state index contributed by atoms with van der Waals surface area (Å²) < 4.78 is 20.3. The van der Waals surface area contributed by atoms with Crippen molar-refractivity contribution in [3.05, 3.63) is 64.0 Å². The largest absolute Gasteiger partial charge is 0.383 e. The summed E-state index contributed by atoms with van der Waals surface area (Å²) in [7, 11) is 3.54. The average Bonchev–Trinajstić information content (AvgIpc) is 2.98. The number of nitrogens with one attached hydrogen (secondary N) is 1. The van der Waals surface area contributed by atoms with Crippen LogP contribution in [0.5, 0.6) is 0 Å². The molecule has 2 aromatic heterocycles. The van der Waals surface area contributed by atoms with Gasteiger partial charge in [-0.1, -0.05) is 0 Å². The fourth-order valence-electron chi connectivity index (χ4n) is 2.85. The van der Waals surface area contributed by atoms with E-state index < -0.39 is 5.82 Å². The van der Waals surface area contributed by atoms with Crippen molar-refractivity contribution in [3.63, 3.8) is 0 Å². The Morgan fingerprint density at radius 1 is 1.32 bits per heavy atom. The molecule has 2 heterocycles. The summed E-state index contributed by atoms with van der Waals surface area (Å²) in [6.45, 7) is 2.56. The van der Waals surface area contributed by atoms with Gasteiger partial charge in [0.2, 0.25) is 0 Å². The summed E-state index contributed by atoms with van der Waals surface area (Å²) in [6.07, 6.45) is 3.79. The fourth-order valence-corrected chi connectivity index (χ4v) is 2.85. The lowest BCUT2D eigenvalue weighted by atomic mass is 10.2. The van der Waals surface area contributed by atoms with Crippen LogP contribution in [0.15, 0.2) is 41.5 Å². The summed E-state index contributed by atoms with van der Waals surface area (Å²) in [6, 6.07) is 5.73. The molecule has 3 aromatic rings. The van der Waals surface area contributed by atoms with Gasteiger partial charge < -0.3 is 9.72 Å². The van der Waals surface area contributed by atoms with Crippen molar-refractivity contribution in [3.8, 4) is 0 Å². The second-order valence-corrected chi connectivity index (χ2v) is 6.07. The molecular weight excluding hydrogens is 323 g/mol. The number of aryl methyl sites for hydroxylation is 1. The number of nitrogens with zero attached hydrogens (tertiary/aromatic N) is 3. The molecule has 0 saturated carbocycles. The number of pyridine rings is 1. The predicted octanol–water partition coefficient (Wildman–Crippen LogP) is 2.05. The van der Waals surface area contributed by atoms with Crippen LogP contribution in [0.1, 0.15) is 11.3 Å². The van der Waals surface area contributed by atoms with E-state index in [1.165, 1.54) is 18.2 Å². The zero-order valence-corrected chi connectivity index (χ0v) is 14.3. The fraction of sp³-hybridized carbons (Fsp3) is 0.333. The van der Waals surface area contributed by atoms with E-state index in [2.05, 4.69) is 15.0 Å². The zero-order chi connectivity index (χ0) is 17.8. The van der Waals surface area contributed by atoms with Gasteiger partial charge in [0, 0.05) is 68.2 Å². The third-order valence-corrected chi connectivity index (χ3v) is 4.02. The number of aromatic nitrogens is 3. The Kier molecular flexibility index (Phi) is 5.25. The molecule has 25 heavy (non-hydrogen) atoms. The first-order chi connectivity index (χ1) is 12.0. The highest BCUT2D eigenvalue weighted by atomic mass is 19.1. The predicted molar refractivity (Wildman–Crippen MR) is 93.7 cm³/mol. The number of hydrogen-bond donors (Lipinski definition) is 1. The van der Waals surface area contributed by atoms with Crippen LogP contribution >= 0.6 is 0 Å². The first-order valence-electron chi connectivity index (χ1n) is 8.05. The van der Waals surface area contributed by atoms with Crippen LogP contribution in [0.3, 0.4) is 0 Å². The lowest BCUT2D eigenvalue weighted by molar-refractivity contribution is 0.139. The Hall–Kier alpha value is -2.51. The number of H-pyrrole nitrogens is 1. The van der Waals surface area contributed by atoms with Crippen molar-refractivity contribution in [2.75, 3.05) is 20.3 Å². The second kappa shape index (κ2) is 7.58. The van der Waals surface area contributed by atoms with Gasteiger partial charge in [0.15, 0.2) is 5.43 Å². The zero-order valence-electron chi connectivity index (χ0n) is 14.3. The van der Waals surface area contributed by atoms with Crippen molar-refractivity contribution >= 4 is 10.9 Å². The minimum Gasteiger partial charge on any atom is -0.383 e. The SMILES string of the molecule is COCCN(Cc1cnn(C)c1)Cc1cc(=O)c2cc(F)ccc2[nH]1. The highest BCUT2D eigenvalue weighted by molar-refractivity contribution is 5.78. The molecule has 0 aliphatic carbocycles. The monoisotopic (exact) mass is 344 g/mol. The van der Waals surface area contributed by atoms with E-state index >= 15 is 0 Å². The lowest BCUT2D eigenvalue weighted by Gasteiger charge is -2.21. The van der Waals surface area contributed by atoms with Crippen molar-refractivity contribution in [1.29, 1.82) is 0 Å². The van der Waals surface area contributed by atoms with Crippen molar-refractivity contribution < 1.29 is 9.13 Å². The van der Waals surface area contributed by atoms with Crippen LogP contribution in [-0.4, -0.2) is 39.9 Å². The Balaban J connectivity index is 1.84. The number of halogens is 1. The molecule has 0 saturated heterocycles. The van der Waals surface area contributed by atoms with E-state index in [1.807, 2.05) is 19.4 Å². The highest BCUT2D eigenvalue weighted by Gasteiger charge is 2.11. The molecule has 6 nitrogen and oxygen atoms in total. The molecule has 1 aromatic carbocycles. The van der Waals surface area contributed by atoms with Crippen LogP contribution in [-0.2, 0) is 24.9 Å². The summed E-state index contributed by atoms with van der Waals surface area (Å²) in [5.41, 5.74) is 2.32. The van der Waals surface area contributed by atoms with Crippen molar-refractivity contribution in [2.45, 2.75) is 13.1 Å². The van der Waals surface area contributed by atoms with Crippen LogP contribution in [0.25, 0.3) is 10.9 Å². The van der Waals surface area contributed by atoms with Crippen LogP contribution in [0, 0.1) is 5.82 Å². The van der Waals surface area contributed by atoms with E-state index in [9.17, 15) is 9.18 Å². The number of rotatable bonds is 7. The maximum absolute atomic E-state index is 13.3. The van der Waals surface area contributed by atoms with E-state index in [0.717, 1.165) is 17.8 Å². The minimum absolute atomic E-state index is 0.184. The molecule has 0 aliphatic rings. The summed E-state index contributed by atoms with van der Waals surface area (Å²) in [4.78, 5) is 17.7. The molecule has 7 heteroatoms. The molecule has 0 bridgehead atoms.